The van der Waals surface area contributed by atoms with E-state index in [1.165, 1.54) is 30.5 Å². The second-order valence-corrected chi connectivity index (χ2v) is 11.8. The Kier molecular flexibility index (Phi) is 8.20. The van der Waals surface area contributed by atoms with E-state index in [-0.39, 0.29) is 5.91 Å². The van der Waals surface area contributed by atoms with E-state index in [4.69, 9.17) is 17.3 Å². The molecule has 7 heteroatoms. The van der Waals surface area contributed by atoms with Crippen molar-refractivity contribution in [2.24, 2.45) is 11.1 Å². The molecule has 3 N–H and O–H groups in total. The minimum atomic E-state index is -0.378. The van der Waals surface area contributed by atoms with Gasteiger partial charge in [0.15, 0.2) is 0 Å². The number of benzene rings is 2. The predicted molar refractivity (Wildman–Crippen MR) is 153 cm³/mol. The van der Waals surface area contributed by atoms with Crippen LogP contribution in [0.1, 0.15) is 48.5 Å². The van der Waals surface area contributed by atoms with Gasteiger partial charge >= 0.3 is 0 Å². The SMILES string of the molecule is CC1(CN2CCCNC2)CCC(c2ccc(Cl)cc2)=C(CN2CCN(c3ccc(C(N)=O)cc3)CC2)C1. The largest absolute Gasteiger partial charge is 0.369 e. The summed E-state index contributed by atoms with van der Waals surface area (Å²) in [7, 11) is 0. The van der Waals surface area contributed by atoms with E-state index in [0.29, 0.717) is 11.0 Å². The van der Waals surface area contributed by atoms with Gasteiger partial charge in [-0.1, -0.05) is 36.2 Å². The van der Waals surface area contributed by atoms with Gasteiger partial charge < -0.3 is 16.0 Å². The summed E-state index contributed by atoms with van der Waals surface area (Å²) in [5.74, 6) is -0.378. The summed E-state index contributed by atoms with van der Waals surface area (Å²) in [5.41, 5.74) is 11.9. The molecule has 0 aromatic heterocycles. The highest BCUT2D eigenvalue weighted by Crippen LogP contribution is 2.44. The van der Waals surface area contributed by atoms with Gasteiger partial charge in [-0.3, -0.25) is 14.6 Å². The number of rotatable bonds is 7. The van der Waals surface area contributed by atoms with E-state index in [1.807, 2.05) is 36.4 Å². The molecule has 3 aliphatic rings. The number of allylic oxidation sites excluding steroid dienone is 1. The molecule has 2 fully saturated rings. The lowest BCUT2D eigenvalue weighted by Gasteiger charge is -2.43. The molecule has 2 aromatic rings. The van der Waals surface area contributed by atoms with Crippen LogP contribution < -0.4 is 16.0 Å². The number of amides is 1. The molecule has 37 heavy (non-hydrogen) atoms. The smallest absolute Gasteiger partial charge is 0.248 e. The van der Waals surface area contributed by atoms with E-state index in [1.54, 1.807) is 5.57 Å². The number of carbonyl (C=O) groups is 1. The predicted octanol–water partition coefficient (Wildman–Crippen LogP) is 4.46. The first-order chi connectivity index (χ1) is 17.9. The van der Waals surface area contributed by atoms with Crippen molar-refractivity contribution in [3.05, 3.63) is 70.3 Å². The number of hydrogen-bond acceptors (Lipinski definition) is 5. The van der Waals surface area contributed by atoms with Crippen molar-refractivity contribution in [1.82, 2.24) is 15.1 Å². The quantitative estimate of drug-likeness (QED) is 0.563. The molecule has 1 atom stereocenters. The second kappa shape index (κ2) is 11.6. The van der Waals surface area contributed by atoms with Crippen LogP contribution in [0.2, 0.25) is 5.02 Å². The van der Waals surface area contributed by atoms with Gasteiger partial charge in [-0.15, -0.1) is 0 Å². The van der Waals surface area contributed by atoms with E-state index in [9.17, 15) is 4.79 Å². The topological polar surface area (TPSA) is 64.8 Å². The van der Waals surface area contributed by atoms with Crippen LogP contribution in [-0.2, 0) is 0 Å². The summed E-state index contributed by atoms with van der Waals surface area (Å²) in [6, 6.07) is 16.1. The number of nitrogens with two attached hydrogens (primary N) is 1. The Balaban J connectivity index is 1.28. The second-order valence-electron chi connectivity index (χ2n) is 11.3. The van der Waals surface area contributed by atoms with Crippen molar-refractivity contribution in [3.8, 4) is 0 Å². The van der Waals surface area contributed by atoms with Gasteiger partial charge in [0.25, 0.3) is 0 Å². The summed E-state index contributed by atoms with van der Waals surface area (Å²) in [5, 5.41) is 4.35. The van der Waals surface area contributed by atoms with Crippen LogP contribution in [-0.4, -0.2) is 74.7 Å². The van der Waals surface area contributed by atoms with Gasteiger partial charge in [-0.2, -0.15) is 0 Å². The van der Waals surface area contributed by atoms with E-state index >= 15 is 0 Å². The fraction of sp³-hybridized carbons (Fsp3) is 0.500. The Morgan fingerprint density at radius 1 is 1.00 bits per heavy atom. The molecule has 0 radical (unpaired) electrons. The minimum absolute atomic E-state index is 0.300. The highest BCUT2D eigenvalue weighted by molar-refractivity contribution is 6.30. The van der Waals surface area contributed by atoms with Crippen LogP contribution in [0.15, 0.2) is 54.1 Å². The van der Waals surface area contributed by atoms with Crippen molar-refractivity contribution < 1.29 is 4.79 Å². The number of anilines is 1. The Hall–Kier alpha value is -2.38. The van der Waals surface area contributed by atoms with Crippen LogP contribution in [0.4, 0.5) is 5.69 Å². The molecular weight excluding hydrogens is 482 g/mol. The van der Waals surface area contributed by atoms with Crippen LogP contribution in [0.3, 0.4) is 0 Å². The summed E-state index contributed by atoms with van der Waals surface area (Å²) < 4.78 is 0. The fourth-order valence-electron chi connectivity index (χ4n) is 6.29. The van der Waals surface area contributed by atoms with E-state index < -0.39 is 0 Å². The lowest BCUT2D eigenvalue weighted by Crippen LogP contribution is -2.48. The van der Waals surface area contributed by atoms with Gasteiger partial charge in [-0.05, 0) is 85.2 Å². The molecule has 1 unspecified atom stereocenters. The Labute approximate surface area is 226 Å². The summed E-state index contributed by atoms with van der Waals surface area (Å²) >= 11 is 6.22. The van der Waals surface area contributed by atoms with Gasteiger partial charge in [0.2, 0.25) is 5.91 Å². The van der Waals surface area contributed by atoms with Crippen LogP contribution in [0, 0.1) is 5.41 Å². The zero-order valence-corrected chi connectivity index (χ0v) is 22.8. The number of piperazine rings is 1. The normalized spacial score (nSPS) is 23.9. The highest BCUT2D eigenvalue weighted by atomic mass is 35.5. The summed E-state index contributed by atoms with van der Waals surface area (Å²) in [6.07, 6.45) is 4.74. The molecule has 6 nitrogen and oxygen atoms in total. The fourth-order valence-corrected chi connectivity index (χ4v) is 6.41. The van der Waals surface area contributed by atoms with Crippen molar-refractivity contribution in [1.29, 1.82) is 0 Å². The van der Waals surface area contributed by atoms with E-state index in [0.717, 1.165) is 76.0 Å². The van der Waals surface area contributed by atoms with Gasteiger partial charge in [0.1, 0.15) is 0 Å². The molecule has 2 aliphatic heterocycles. The molecule has 0 saturated carbocycles. The third kappa shape index (κ3) is 6.55. The zero-order chi connectivity index (χ0) is 25.8. The maximum atomic E-state index is 11.4. The maximum Gasteiger partial charge on any atom is 0.248 e. The Morgan fingerprint density at radius 3 is 2.38 bits per heavy atom. The number of primary amides is 1. The monoisotopic (exact) mass is 521 g/mol. The number of nitrogens with one attached hydrogen (secondary N) is 1. The van der Waals surface area contributed by atoms with Crippen molar-refractivity contribution in [3.63, 3.8) is 0 Å². The number of halogens is 1. The minimum Gasteiger partial charge on any atom is -0.369 e. The third-order valence-electron chi connectivity index (χ3n) is 8.31. The van der Waals surface area contributed by atoms with Crippen molar-refractivity contribution >= 4 is 28.8 Å². The number of carbonyl (C=O) groups excluding carboxylic acids is 1. The molecule has 0 bridgehead atoms. The molecule has 1 amide bonds. The standard InChI is InChI=1S/C30H40ClN5O/c1-30(21-35-14-2-13-33-22-35)12-11-28(23-3-7-26(31)8-4-23)25(19-30)20-34-15-17-36(18-16-34)27-9-5-24(6-10-27)29(32)37/h3-10,33H,2,11-22H2,1H3,(H2,32,37). The summed E-state index contributed by atoms with van der Waals surface area (Å²) in [4.78, 5) is 19.0. The molecule has 2 heterocycles. The number of hydrogen-bond donors (Lipinski definition) is 2. The summed E-state index contributed by atoms with van der Waals surface area (Å²) in [6.45, 7) is 12.1. The van der Waals surface area contributed by atoms with Crippen molar-refractivity contribution in [2.45, 2.75) is 32.6 Å². The average molecular weight is 522 g/mol. The van der Waals surface area contributed by atoms with Gasteiger partial charge in [0, 0.05) is 68.8 Å². The van der Waals surface area contributed by atoms with E-state index in [2.05, 4.69) is 39.1 Å². The highest BCUT2D eigenvalue weighted by Gasteiger charge is 2.34. The Morgan fingerprint density at radius 2 is 1.73 bits per heavy atom. The average Bonchev–Trinajstić information content (AvgIpc) is 2.90. The van der Waals surface area contributed by atoms with Gasteiger partial charge in [-0.25, -0.2) is 0 Å². The van der Waals surface area contributed by atoms with Crippen LogP contribution >= 0.6 is 11.6 Å². The molecule has 198 valence electrons. The van der Waals surface area contributed by atoms with Gasteiger partial charge in [0.05, 0.1) is 0 Å². The first-order valence-corrected chi connectivity index (χ1v) is 14.0. The molecule has 5 rings (SSSR count). The third-order valence-corrected chi connectivity index (χ3v) is 8.56. The number of nitrogens with zero attached hydrogens (tertiary/aromatic N) is 3. The first kappa shape index (κ1) is 26.2. The lowest BCUT2D eigenvalue weighted by molar-refractivity contribution is 0.100. The lowest BCUT2D eigenvalue weighted by atomic mass is 9.71. The molecule has 0 spiro atoms. The first-order valence-electron chi connectivity index (χ1n) is 13.7. The molecule has 2 aromatic carbocycles. The van der Waals surface area contributed by atoms with Crippen LogP contribution in [0.5, 0.6) is 0 Å². The zero-order valence-electron chi connectivity index (χ0n) is 22.0. The molecular formula is C30H40ClN5O. The molecule has 2 saturated heterocycles. The molecule has 1 aliphatic carbocycles. The Bertz CT molecular complexity index is 1100. The maximum absolute atomic E-state index is 11.4. The van der Waals surface area contributed by atoms with Crippen LogP contribution in [0.25, 0.3) is 5.57 Å². The van der Waals surface area contributed by atoms with Crippen molar-refractivity contribution in [2.75, 3.05) is 63.9 Å².